The predicted molar refractivity (Wildman–Crippen MR) is 94.9 cm³/mol. The summed E-state index contributed by atoms with van der Waals surface area (Å²) in [5, 5.41) is 7.98. The highest BCUT2D eigenvalue weighted by atomic mass is 32.2. The minimum Gasteiger partial charge on any atom is -0.457 e. The molecule has 2 aromatic rings. The van der Waals surface area contributed by atoms with E-state index in [4.69, 9.17) is 9.88 Å². The van der Waals surface area contributed by atoms with E-state index in [0.717, 1.165) is 31.4 Å². The molecule has 6 nitrogen and oxygen atoms in total. The fourth-order valence-electron chi connectivity index (χ4n) is 2.87. The van der Waals surface area contributed by atoms with E-state index in [1.165, 1.54) is 24.3 Å². The minimum atomic E-state index is -3.71. The van der Waals surface area contributed by atoms with Gasteiger partial charge in [0.15, 0.2) is 0 Å². The topological polar surface area (TPSA) is 98.5 Å². The van der Waals surface area contributed by atoms with E-state index in [1.54, 1.807) is 24.3 Å². The summed E-state index contributed by atoms with van der Waals surface area (Å²) in [5.41, 5.74) is 0.730. The Morgan fingerprint density at radius 2 is 1.48 bits per heavy atom. The quantitative estimate of drug-likeness (QED) is 0.855. The first kappa shape index (κ1) is 17.4. The molecule has 1 aliphatic rings. The number of ether oxygens (including phenoxy) is 1. The molecule has 3 rings (SSSR count). The van der Waals surface area contributed by atoms with Gasteiger partial charge >= 0.3 is 0 Å². The molecular weight excluding hydrogens is 340 g/mol. The van der Waals surface area contributed by atoms with Gasteiger partial charge in [0.1, 0.15) is 11.5 Å². The molecule has 25 heavy (non-hydrogen) atoms. The molecule has 0 radical (unpaired) electrons. The number of amides is 1. The number of nitrogens with one attached hydrogen (secondary N) is 1. The highest BCUT2D eigenvalue weighted by Crippen LogP contribution is 2.27. The van der Waals surface area contributed by atoms with Crippen LogP contribution in [0.3, 0.4) is 0 Å². The molecular formula is C18H20N2O4S. The number of carbonyl (C=O) groups is 1. The van der Waals surface area contributed by atoms with Crippen molar-refractivity contribution in [2.24, 2.45) is 11.1 Å². The van der Waals surface area contributed by atoms with Gasteiger partial charge in [0.2, 0.25) is 15.9 Å². The smallest absolute Gasteiger partial charge is 0.238 e. The average Bonchev–Trinajstić information content (AvgIpc) is 3.11. The molecule has 132 valence electrons. The summed E-state index contributed by atoms with van der Waals surface area (Å²) in [6.07, 6.45) is 4.16. The van der Waals surface area contributed by atoms with Crippen LogP contribution in [-0.4, -0.2) is 14.3 Å². The van der Waals surface area contributed by atoms with Gasteiger partial charge in [-0.1, -0.05) is 12.8 Å². The van der Waals surface area contributed by atoms with Crippen LogP contribution in [0.1, 0.15) is 25.7 Å². The second-order valence-corrected chi connectivity index (χ2v) is 7.67. The molecule has 0 saturated heterocycles. The van der Waals surface area contributed by atoms with Crippen molar-refractivity contribution in [2.75, 3.05) is 5.32 Å². The zero-order chi connectivity index (χ0) is 17.9. The van der Waals surface area contributed by atoms with E-state index in [1.807, 2.05) is 0 Å². The summed E-state index contributed by atoms with van der Waals surface area (Å²) < 4.78 is 28.1. The third kappa shape index (κ3) is 4.58. The molecule has 0 spiro atoms. The maximum absolute atomic E-state index is 12.1. The number of hydrogen-bond acceptors (Lipinski definition) is 4. The van der Waals surface area contributed by atoms with Crippen LogP contribution in [0.5, 0.6) is 11.5 Å². The fraction of sp³-hybridized carbons (Fsp3) is 0.278. The van der Waals surface area contributed by atoms with Crippen LogP contribution in [0, 0.1) is 5.92 Å². The van der Waals surface area contributed by atoms with Crippen molar-refractivity contribution in [3.05, 3.63) is 48.5 Å². The maximum atomic E-state index is 12.1. The largest absolute Gasteiger partial charge is 0.457 e. The number of sulfonamides is 1. The maximum Gasteiger partial charge on any atom is 0.238 e. The summed E-state index contributed by atoms with van der Waals surface area (Å²) in [7, 11) is -3.71. The molecule has 2 aromatic carbocycles. The second kappa shape index (κ2) is 7.25. The summed E-state index contributed by atoms with van der Waals surface area (Å²) >= 11 is 0. The number of nitrogens with two attached hydrogens (primary N) is 1. The predicted octanol–water partition coefficient (Wildman–Crippen LogP) is 3.26. The van der Waals surface area contributed by atoms with Gasteiger partial charge in [0.25, 0.3) is 0 Å². The van der Waals surface area contributed by atoms with Crippen LogP contribution >= 0.6 is 0 Å². The molecule has 7 heteroatoms. The van der Waals surface area contributed by atoms with E-state index in [0.29, 0.717) is 11.5 Å². The third-order valence-corrected chi connectivity index (χ3v) is 5.17. The van der Waals surface area contributed by atoms with E-state index >= 15 is 0 Å². The van der Waals surface area contributed by atoms with Crippen molar-refractivity contribution in [1.29, 1.82) is 0 Å². The molecule has 1 fully saturated rings. The summed E-state index contributed by atoms with van der Waals surface area (Å²) in [5.74, 6) is 1.27. The van der Waals surface area contributed by atoms with Gasteiger partial charge in [-0.15, -0.1) is 0 Å². The Bertz CT molecular complexity index is 840. The summed E-state index contributed by atoms with van der Waals surface area (Å²) in [6, 6.07) is 12.9. The van der Waals surface area contributed by atoms with Gasteiger partial charge < -0.3 is 10.1 Å². The molecule has 0 bridgehead atoms. The van der Waals surface area contributed by atoms with Crippen molar-refractivity contribution < 1.29 is 17.9 Å². The Kier molecular flexibility index (Phi) is 5.06. The molecule has 0 atom stereocenters. The molecule has 1 aliphatic carbocycles. The zero-order valence-corrected chi connectivity index (χ0v) is 14.5. The van der Waals surface area contributed by atoms with E-state index < -0.39 is 10.0 Å². The standard InChI is InChI=1S/C18H20N2O4S/c19-25(22,23)17-11-9-16(10-12-17)24-15-7-5-14(6-8-15)20-18(21)13-3-1-2-4-13/h5-13H,1-4H2,(H,20,21)(H2,19,22,23). The number of carbonyl (C=O) groups excluding carboxylic acids is 1. The number of benzene rings is 2. The van der Waals surface area contributed by atoms with Gasteiger partial charge in [0.05, 0.1) is 4.90 Å². The Morgan fingerprint density at radius 3 is 2.00 bits per heavy atom. The molecule has 0 heterocycles. The van der Waals surface area contributed by atoms with Crippen LogP contribution < -0.4 is 15.2 Å². The number of anilines is 1. The number of primary sulfonamides is 1. The molecule has 0 unspecified atom stereocenters. The highest BCUT2D eigenvalue weighted by Gasteiger charge is 2.22. The Balaban J connectivity index is 1.61. The molecule has 0 aromatic heterocycles. The SMILES string of the molecule is NS(=O)(=O)c1ccc(Oc2ccc(NC(=O)C3CCCC3)cc2)cc1. The van der Waals surface area contributed by atoms with E-state index in [2.05, 4.69) is 5.32 Å². The number of rotatable bonds is 5. The molecule has 1 amide bonds. The van der Waals surface area contributed by atoms with Crippen molar-refractivity contribution in [3.8, 4) is 11.5 Å². The lowest BCUT2D eigenvalue weighted by Gasteiger charge is -2.11. The van der Waals surface area contributed by atoms with Gasteiger partial charge in [-0.05, 0) is 61.4 Å². The van der Waals surface area contributed by atoms with Crippen LogP contribution in [0.2, 0.25) is 0 Å². The highest BCUT2D eigenvalue weighted by molar-refractivity contribution is 7.89. The van der Waals surface area contributed by atoms with Crippen molar-refractivity contribution in [3.63, 3.8) is 0 Å². The zero-order valence-electron chi connectivity index (χ0n) is 13.6. The van der Waals surface area contributed by atoms with Gasteiger partial charge in [0, 0.05) is 11.6 Å². The normalized spacial score (nSPS) is 15.1. The summed E-state index contributed by atoms with van der Waals surface area (Å²) in [6.45, 7) is 0. The Hall–Kier alpha value is -2.38. The third-order valence-electron chi connectivity index (χ3n) is 4.24. The van der Waals surface area contributed by atoms with Crippen molar-refractivity contribution in [1.82, 2.24) is 0 Å². The molecule has 0 aliphatic heterocycles. The van der Waals surface area contributed by atoms with E-state index in [-0.39, 0.29) is 16.7 Å². The molecule has 3 N–H and O–H groups in total. The van der Waals surface area contributed by atoms with Crippen LogP contribution in [0.25, 0.3) is 0 Å². The van der Waals surface area contributed by atoms with Crippen molar-refractivity contribution in [2.45, 2.75) is 30.6 Å². The minimum absolute atomic E-state index is 0.0322. The van der Waals surface area contributed by atoms with E-state index in [9.17, 15) is 13.2 Å². The average molecular weight is 360 g/mol. The van der Waals surface area contributed by atoms with Crippen LogP contribution in [-0.2, 0) is 14.8 Å². The van der Waals surface area contributed by atoms with Gasteiger partial charge in [-0.2, -0.15) is 0 Å². The number of hydrogen-bond donors (Lipinski definition) is 2. The van der Waals surface area contributed by atoms with Crippen molar-refractivity contribution >= 4 is 21.6 Å². The van der Waals surface area contributed by atoms with Crippen LogP contribution in [0.15, 0.2) is 53.4 Å². The lowest BCUT2D eigenvalue weighted by molar-refractivity contribution is -0.119. The lowest BCUT2D eigenvalue weighted by Crippen LogP contribution is -2.20. The lowest BCUT2D eigenvalue weighted by atomic mass is 10.1. The van der Waals surface area contributed by atoms with Gasteiger partial charge in [-0.25, -0.2) is 13.6 Å². The first-order valence-corrected chi connectivity index (χ1v) is 9.68. The monoisotopic (exact) mass is 360 g/mol. The first-order chi connectivity index (χ1) is 11.9. The first-order valence-electron chi connectivity index (χ1n) is 8.13. The molecule has 1 saturated carbocycles. The fourth-order valence-corrected chi connectivity index (χ4v) is 3.39. The van der Waals surface area contributed by atoms with Crippen LogP contribution in [0.4, 0.5) is 5.69 Å². The Morgan fingerprint density at radius 1 is 0.960 bits per heavy atom. The van der Waals surface area contributed by atoms with Gasteiger partial charge in [-0.3, -0.25) is 4.79 Å². The summed E-state index contributed by atoms with van der Waals surface area (Å²) in [4.78, 5) is 12.1. The second-order valence-electron chi connectivity index (χ2n) is 6.11. The Labute approximate surface area is 147 Å².